The van der Waals surface area contributed by atoms with Crippen molar-refractivity contribution >= 4 is 5.91 Å². The topological polar surface area (TPSA) is 38.8 Å². The maximum atomic E-state index is 13.0. The van der Waals surface area contributed by atoms with Crippen LogP contribution < -0.4 is 9.47 Å². The van der Waals surface area contributed by atoms with Gasteiger partial charge >= 0.3 is 0 Å². The minimum Gasteiger partial charge on any atom is -0.454 e. The Bertz CT molecular complexity index is 700. The van der Waals surface area contributed by atoms with Crippen LogP contribution in [0.15, 0.2) is 42.5 Å². The van der Waals surface area contributed by atoms with Crippen molar-refractivity contribution in [3.63, 3.8) is 0 Å². The SMILES string of the molecule is CC(c1ccc(F)cc1)N(C)C(=O)c1ccc2c(c1)OCO2. The molecule has 22 heavy (non-hydrogen) atoms. The molecule has 0 fully saturated rings. The lowest BCUT2D eigenvalue weighted by atomic mass is 10.1. The highest BCUT2D eigenvalue weighted by molar-refractivity contribution is 5.95. The number of ether oxygens (including phenoxy) is 2. The van der Waals surface area contributed by atoms with E-state index in [1.54, 1.807) is 42.3 Å². The number of amides is 1. The van der Waals surface area contributed by atoms with Crippen molar-refractivity contribution in [2.45, 2.75) is 13.0 Å². The van der Waals surface area contributed by atoms with E-state index in [1.165, 1.54) is 12.1 Å². The zero-order valence-electron chi connectivity index (χ0n) is 12.4. The first-order valence-corrected chi connectivity index (χ1v) is 6.98. The van der Waals surface area contributed by atoms with Gasteiger partial charge in [0.2, 0.25) is 6.79 Å². The lowest BCUT2D eigenvalue weighted by Crippen LogP contribution is -2.29. The van der Waals surface area contributed by atoms with Gasteiger partial charge in [-0.2, -0.15) is 0 Å². The highest BCUT2D eigenvalue weighted by atomic mass is 19.1. The van der Waals surface area contributed by atoms with Crippen LogP contribution in [0.1, 0.15) is 28.9 Å². The van der Waals surface area contributed by atoms with Crippen molar-refractivity contribution in [1.82, 2.24) is 4.90 Å². The molecule has 1 amide bonds. The minimum atomic E-state index is -0.291. The molecular weight excluding hydrogens is 285 g/mol. The summed E-state index contributed by atoms with van der Waals surface area (Å²) in [6.07, 6.45) is 0. The summed E-state index contributed by atoms with van der Waals surface area (Å²) in [6, 6.07) is 11.1. The Morgan fingerprint density at radius 2 is 1.82 bits per heavy atom. The molecule has 3 rings (SSSR count). The van der Waals surface area contributed by atoms with Crippen LogP contribution in [0.5, 0.6) is 11.5 Å². The number of hydrogen-bond acceptors (Lipinski definition) is 3. The highest BCUT2D eigenvalue weighted by Gasteiger charge is 2.22. The van der Waals surface area contributed by atoms with E-state index >= 15 is 0 Å². The Hall–Kier alpha value is -2.56. The van der Waals surface area contributed by atoms with Gasteiger partial charge in [-0.3, -0.25) is 4.79 Å². The van der Waals surface area contributed by atoms with Gasteiger partial charge in [-0.25, -0.2) is 4.39 Å². The number of fused-ring (bicyclic) bond motifs is 1. The van der Waals surface area contributed by atoms with Gasteiger partial charge < -0.3 is 14.4 Å². The quantitative estimate of drug-likeness (QED) is 0.872. The predicted molar refractivity (Wildman–Crippen MR) is 79.5 cm³/mol. The molecule has 0 saturated heterocycles. The van der Waals surface area contributed by atoms with Gasteiger partial charge in [-0.15, -0.1) is 0 Å². The minimum absolute atomic E-state index is 0.130. The standard InChI is InChI=1S/C17H16FNO3/c1-11(12-3-6-14(18)7-4-12)19(2)17(20)13-5-8-15-16(9-13)22-10-21-15/h3-9,11H,10H2,1-2H3. The summed E-state index contributed by atoms with van der Waals surface area (Å²) in [5.41, 5.74) is 1.40. The van der Waals surface area contributed by atoms with Gasteiger partial charge in [-0.1, -0.05) is 12.1 Å². The maximum Gasteiger partial charge on any atom is 0.254 e. The van der Waals surface area contributed by atoms with Gasteiger partial charge in [0.25, 0.3) is 5.91 Å². The Kier molecular flexibility index (Phi) is 3.71. The fourth-order valence-electron chi connectivity index (χ4n) is 2.37. The summed E-state index contributed by atoms with van der Waals surface area (Å²) in [7, 11) is 1.72. The Labute approximate surface area is 128 Å². The summed E-state index contributed by atoms with van der Waals surface area (Å²) in [4.78, 5) is 14.2. The summed E-state index contributed by atoms with van der Waals surface area (Å²) in [5, 5.41) is 0. The van der Waals surface area contributed by atoms with Crippen molar-refractivity contribution in [1.29, 1.82) is 0 Å². The second kappa shape index (κ2) is 5.67. The van der Waals surface area contributed by atoms with Gasteiger partial charge in [0, 0.05) is 12.6 Å². The van der Waals surface area contributed by atoms with Crippen LogP contribution in [-0.2, 0) is 0 Å². The van der Waals surface area contributed by atoms with Crippen LogP contribution in [0.3, 0.4) is 0 Å². The van der Waals surface area contributed by atoms with E-state index in [4.69, 9.17) is 9.47 Å². The van der Waals surface area contributed by atoms with Gasteiger partial charge in [0.1, 0.15) is 5.82 Å². The molecule has 5 heteroatoms. The van der Waals surface area contributed by atoms with Crippen molar-refractivity contribution < 1.29 is 18.7 Å². The smallest absolute Gasteiger partial charge is 0.254 e. The second-order valence-electron chi connectivity index (χ2n) is 5.21. The molecular formula is C17H16FNO3. The van der Waals surface area contributed by atoms with Crippen molar-refractivity contribution in [3.05, 3.63) is 59.4 Å². The molecule has 114 valence electrons. The van der Waals surface area contributed by atoms with Crippen LogP contribution >= 0.6 is 0 Å². The molecule has 0 aromatic heterocycles. The van der Waals surface area contributed by atoms with E-state index in [0.717, 1.165) is 5.56 Å². The van der Waals surface area contributed by atoms with Gasteiger partial charge in [-0.05, 0) is 42.8 Å². The maximum absolute atomic E-state index is 13.0. The van der Waals surface area contributed by atoms with E-state index < -0.39 is 0 Å². The summed E-state index contributed by atoms with van der Waals surface area (Å²) in [5.74, 6) is 0.801. The summed E-state index contributed by atoms with van der Waals surface area (Å²) in [6.45, 7) is 2.08. The number of hydrogen-bond donors (Lipinski definition) is 0. The molecule has 1 heterocycles. The van der Waals surface area contributed by atoms with Crippen molar-refractivity contribution in [2.24, 2.45) is 0 Å². The lowest BCUT2D eigenvalue weighted by molar-refractivity contribution is 0.0742. The molecule has 0 spiro atoms. The zero-order valence-corrected chi connectivity index (χ0v) is 12.4. The molecule has 0 saturated carbocycles. The fraction of sp³-hybridized carbons (Fsp3) is 0.235. The van der Waals surface area contributed by atoms with Crippen LogP contribution in [0.25, 0.3) is 0 Å². The Morgan fingerprint density at radius 1 is 1.14 bits per heavy atom. The normalized spacial score (nSPS) is 13.8. The predicted octanol–water partition coefficient (Wildman–Crippen LogP) is 3.39. The van der Waals surface area contributed by atoms with Crippen LogP contribution in [0.2, 0.25) is 0 Å². The van der Waals surface area contributed by atoms with E-state index in [2.05, 4.69) is 0 Å². The molecule has 4 nitrogen and oxygen atoms in total. The molecule has 0 radical (unpaired) electrons. The van der Waals surface area contributed by atoms with Crippen molar-refractivity contribution in [3.8, 4) is 11.5 Å². The first-order valence-electron chi connectivity index (χ1n) is 6.98. The van der Waals surface area contributed by atoms with E-state index in [-0.39, 0.29) is 24.6 Å². The molecule has 1 aliphatic rings. The Morgan fingerprint density at radius 3 is 2.55 bits per heavy atom. The largest absolute Gasteiger partial charge is 0.454 e. The first kappa shape index (κ1) is 14.4. The molecule has 0 N–H and O–H groups in total. The fourth-order valence-corrected chi connectivity index (χ4v) is 2.37. The number of carbonyl (C=O) groups excluding carboxylic acids is 1. The average molecular weight is 301 g/mol. The third-order valence-electron chi connectivity index (χ3n) is 3.87. The molecule has 0 aliphatic carbocycles. The number of benzene rings is 2. The van der Waals surface area contributed by atoms with E-state index in [1.807, 2.05) is 6.92 Å². The Balaban J connectivity index is 1.80. The average Bonchev–Trinajstić information content (AvgIpc) is 3.01. The zero-order chi connectivity index (χ0) is 15.7. The molecule has 2 aromatic rings. The number of carbonyl (C=O) groups is 1. The summed E-state index contributed by atoms with van der Waals surface area (Å²) < 4.78 is 23.5. The number of rotatable bonds is 3. The third kappa shape index (κ3) is 2.62. The van der Waals surface area contributed by atoms with Crippen LogP contribution in [0.4, 0.5) is 4.39 Å². The first-order chi connectivity index (χ1) is 10.6. The van der Waals surface area contributed by atoms with Crippen LogP contribution in [-0.4, -0.2) is 24.6 Å². The molecule has 1 unspecified atom stereocenters. The van der Waals surface area contributed by atoms with Crippen molar-refractivity contribution in [2.75, 3.05) is 13.8 Å². The molecule has 0 bridgehead atoms. The highest BCUT2D eigenvalue weighted by Crippen LogP contribution is 2.33. The monoisotopic (exact) mass is 301 g/mol. The molecule has 1 atom stereocenters. The molecule has 1 aliphatic heterocycles. The van der Waals surface area contributed by atoms with Crippen LogP contribution in [0, 0.1) is 5.82 Å². The lowest BCUT2D eigenvalue weighted by Gasteiger charge is -2.25. The number of halogens is 1. The van der Waals surface area contributed by atoms with Gasteiger partial charge in [0.05, 0.1) is 6.04 Å². The summed E-state index contributed by atoms with van der Waals surface area (Å²) >= 11 is 0. The van der Waals surface area contributed by atoms with E-state index in [0.29, 0.717) is 17.1 Å². The second-order valence-corrected chi connectivity index (χ2v) is 5.21. The van der Waals surface area contributed by atoms with E-state index in [9.17, 15) is 9.18 Å². The number of nitrogens with zero attached hydrogens (tertiary/aromatic N) is 1. The molecule has 2 aromatic carbocycles. The van der Waals surface area contributed by atoms with Gasteiger partial charge in [0.15, 0.2) is 11.5 Å². The third-order valence-corrected chi connectivity index (χ3v) is 3.87.